The smallest absolute Gasteiger partial charge is 0.293 e. The maximum Gasteiger partial charge on any atom is 0.293 e. The lowest BCUT2D eigenvalue weighted by Gasteiger charge is -2.34. The number of aromatic nitrogens is 3. The zero-order chi connectivity index (χ0) is 44.2. The first kappa shape index (κ1) is 42.1. The van der Waals surface area contributed by atoms with Gasteiger partial charge in [-0.2, -0.15) is 4.98 Å². The van der Waals surface area contributed by atoms with E-state index < -0.39 is 11.9 Å². The van der Waals surface area contributed by atoms with E-state index in [9.17, 15) is 28.8 Å². The minimum Gasteiger partial charge on any atom is -0.478 e. The number of nitrogens with one attached hydrogen (secondary N) is 3. The predicted molar refractivity (Wildman–Crippen MR) is 236 cm³/mol. The normalized spacial score (nSPS) is 21.6. The molecule has 7 heterocycles. The maximum atomic E-state index is 13.5. The molecule has 0 bridgehead atoms. The van der Waals surface area contributed by atoms with Gasteiger partial charge in [-0.15, -0.1) is 0 Å². The van der Waals surface area contributed by atoms with Crippen LogP contribution in [-0.2, 0) is 25.7 Å². The number of benzene rings is 2. The van der Waals surface area contributed by atoms with Gasteiger partial charge in [0, 0.05) is 99.5 Å². The van der Waals surface area contributed by atoms with Crippen LogP contribution in [0.4, 0.5) is 23.1 Å². The Balaban J connectivity index is 0.802. The number of piperidine rings is 2. The minimum absolute atomic E-state index is 0.0802. The number of imide groups is 1. The van der Waals surface area contributed by atoms with Gasteiger partial charge < -0.3 is 39.5 Å². The van der Waals surface area contributed by atoms with Crippen LogP contribution in [0, 0.1) is 11.3 Å². The number of ether oxygens (including phenoxy) is 1. The lowest BCUT2D eigenvalue weighted by molar-refractivity contribution is -0.137. The van der Waals surface area contributed by atoms with Crippen LogP contribution in [-0.4, -0.2) is 113 Å². The number of carbonyl (C=O) groups is 5. The summed E-state index contributed by atoms with van der Waals surface area (Å²) in [5.74, 6) is 0.371. The monoisotopic (exact) mass is 878 g/mol. The van der Waals surface area contributed by atoms with E-state index >= 15 is 0 Å². The number of amides is 5. The highest BCUT2D eigenvalue weighted by molar-refractivity contribution is 6.33. The van der Waals surface area contributed by atoms with Crippen LogP contribution < -0.4 is 36.0 Å². The van der Waals surface area contributed by atoms with Crippen molar-refractivity contribution in [2.45, 2.75) is 71.0 Å². The summed E-state index contributed by atoms with van der Waals surface area (Å²) in [7, 11) is 1.51. The molecule has 2 unspecified atom stereocenters. The number of likely N-dealkylation sites (N-methyl/N-ethyl adjacent to an activating group) is 1. The fourth-order valence-electron chi connectivity index (χ4n) is 9.93. The lowest BCUT2D eigenvalue weighted by atomic mass is 9.86. The highest BCUT2D eigenvalue weighted by atomic mass is 35.5. The van der Waals surface area contributed by atoms with Gasteiger partial charge >= 0.3 is 0 Å². The molecule has 3 N–H and O–H groups in total. The van der Waals surface area contributed by atoms with Gasteiger partial charge in [0.15, 0.2) is 18.2 Å². The van der Waals surface area contributed by atoms with Gasteiger partial charge in [0.2, 0.25) is 23.7 Å². The maximum absolute atomic E-state index is 13.5. The molecule has 18 heteroatoms. The van der Waals surface area contributed by atoms with Crippen molar-refractivity contribution in [3.63, 3.8) is 0 Å². The Kier molecular flexibility index (Phi) is 11.2. The Bertz CT molecular complexity index is 2590. The second-order valence-corrected chi connectivity index (χ2v) is 18.2. The summed E-state index contributed by atoms with van der Waals surface area (Å²) < 4.78 is 7.26. The Morgan fingerprint density at radius 3 is 2.57 bits per heavy atom. The van der Waals surface area contributed by atoms with Crippen LogP contribution in [0.5, 0.6) is 5.75 Å². The van der Waals surface area contributed by atoms with Gasteiger partial charge in [-0.05, 0) is 93.5 Å². The minimum atomic E-state index is -0.650. The summed E-state index contributed by atoms with van der Waals surface area (Å²) in [6.45, 7) is 8.36. The highest BCUT2D eigenvalue weighted by Gasteiger charge is 2.48. The quantitative estimate of drug-likeness (QED) is 0.184. The van der Waals surface area contributed by atoms with E-state index in [2.05, 4.69) is 35.6 Å². The van der Waals surface area contributed by atoms with Crippen molar-refractivity contribution >= 4 is 75.2 Å². The third-order valence-corrected chi connectivity index (χ3v) is 13.5. The van der Waals surface area contributed by atoms with Crippen molar-refractivity contribution in [3.05, 3.63) is 75.2 Å². The van der Waals surface area contributed by atoms with Gasteiger partial charge in [0.1, 0.15) is 11.1 Å². The molecule has 5 aliphatic rings. The largest absolute Gasteiger partial charge is 0.478 e. The first-order valence-corrected chi connectivity index (χ1v) is 22.0. The zero-order valence-corrected chi connectivity index (χ0v) is 36.4. The average Bonchev–Trinajstić information content (AvgIpc) is 3.93. The molecule has 5 amide bonds. The van der Waals surface area contributed by atoms with Crippen LogP contribution >= 0.6 is 11.6 Å². The molecule has 2 atom stereocenters. The molecule has 2 aromatic carbocycles. The molecule has 0 aliphatic carbocycles. The second-order valence-electron chi connectivity index (χ2n) is 17.8. The molecule has 63 heavy (non-hydrogen) atoms. The van der Waals surface area contributed by atoms with Crippen LogP contribution in [0.1, 0.15) is 74.3 Å². The van der Waals surface area contributed by atoms with E-state index in [0.717, 1.165) is 74.1 Å². The van der Waals surface area contributed by atoms with Crippen molar-refractivity contribution in [3.8, 4) is 5.75 Å². The van der Waals surface area contributed by atoms with Crippen molar-refractivity contribution in [1.82, 2.24) is 35.0 Å². The van der Waals surface area contributed by atoms with Crippen molar-refractivity contribution < 1.29 is 28.7 Å². The van der Waals surface area contributed by atoms with Crippen LogP contribution in [0.3, 0.4) is 0 Å². The molecule has 330 valence electrons. The standard InChI is InChI=1S/C45H51ClN10O7/c1-26(2)56-34-7-4-30(16-28(34)18-36(43(56)62)63-23-38(58)47-3)49-40-33(46)20-48-44(51-40)52-13-10-27(11-14-52)21-54-25-45(19-39(54)59)12-15-53(24-45)31-5-6-32-29(17-31)22-55(42(32)61)35-8-9-37(57)50-41(35)60/h4-7,16-18,20,26-27,35H,8-15,19,21-25H2,1-3H3,(H,47,58)(H,48,49,51)(H,50,57,60). The predicted octanol–water partition coefficient (Wildman–Crippen LogP) is 4.00. The fraction of sp³-hybridized carbons (Fsp3) is 0.467. The van der Waals surface area contributed by atoms with E-state index in [-0.39, 0.29) is 59.4 Å². The molecule has 4 fully saturated rings. The van der Waals surface area contributed by atoms with Gasteiger partial charge in [-0.1, -0.05) is 11.6 Å². The summed E-state index contributed by atoms with van der Waals surface area (Å²) >= 11 is 6.61. The molecule has 1 spiro atoms. The van der Waals surface area contributed by atoms with Crippen LogP contribution in [0.25, 0.3) is 10.9 Å². The molecule has 4 aromatic rings. The molecule has 5 aliphatic heterocycles. The topological polar surface area (TPSA) is 191 Å². The summed E-state index contributed by atoms with van der Waals surface area (Å²) in [4.78, 5) is 93.6. The number of hydrogen-bond donors (Lipinski definition) is 3. The van der Waals surface area contributed by atoms with Crippen molar-refractivity contribution in [2.24, 2.45) is 11.3 Å². The van der Waals surface area contributed by atoms with Crippen LogP contribution in [0.15, 0.2) is 53.5 Å². The van der Waals surface area contributed by atoms with Gasteiger partial charge in [0.25, 0.3) is 17.4 Å². The van der Waals surface area contributed by atoms with Gasteiger partial charge in [-0.3, -0.25) is 34.1 Å². The van der Waals surface area contributed by atoms with Crippen molar-refractivity contribution in [2.75, 3.05) is 68.0 Å². The summed E-state index contributed by atoms with van der Waals surface area (Å²) in [5, 5.41) is 9.28. The molecule has 9 rings (SSSR count). The summed E-state index contributed by atoms with van der Waals surface area (Å²) in [6.07, 6.45) is 5.32. The molecule has 0 saturated carbocycles. The third kappa shape index (κ3) is 8.25. The Labute approximate surface area is 369 Å². The highest BCUT2D eigenvalue weighted by Crippen LogP contribution is 2.43. The lowest BCUT2D eigenvalue weighted by Crippen LogP contribution is -2.52. The van der Waals surface area contributed by atoms with Crippen molar-refractivity contribution in [1.29, 1.82) is 0 Å². The summed E-state index contributed by atoms with van der Waals surface area (Å²) in [6, 6.07) is 12.3. The first-order valence-electron chi connectivity index (χ1n) is 21.7. The Morgan fingerprint density at radius 2 is 1.81 bits per heavy atom. The number of rotatable bonds is 11. The SMILES string of the molecule is CNC(=O)COc1cc2cc(Nc3nc(N4CCC(CN5CC6(CCN(c7ccc8c(c7)CN(C7CCC(=O)NC7=O)C8=O)C6)CC5=O)CC4)ncc3Cl)ccc2n(C(C)C)c1=O. The molecule has 4 saturated heterocycles. The van der Waals surface area contributed by atoms with Gasteiger partial charge in [-0.25, -0.2) is 4.98 Å². The number of carbonyl (C=O) groups excluding carboxylic acids is 5. The second kappa shape index (κ2) is 16.8. The number of halogens is 1. The Hall–Kier alpha value is -6.23. The van der Waals surface area contributed by atoms with E-state index in [0.29, 0.717) is 59.9 Å². The fourth-order valence-corrected chi connectivity index (χ4v) is 10.1. The van der Waals surface area contributed by atoms with Crippen LogP contribution in [0.2, 0.25) is 5.02 Å². The first-order chi connectivity index (χ1) is 30.3. The van der Waals surface area contributed by atoms with E-state index in [4.69, 9.17) is 21.3 Å². The molecular weight excluding hydrogens is 828 g/mol. The molecule has 17 nitrogen and oxygen atoms in total. The average molecular weight is 879 g/mol. The zero-order valence-electron chi connectivity index (χ0n) is 35.6. The number of likely N-dealkylation sites (tertiary alicyclic amines) is 1. The Morgan fingerprint density at radius 1 is 1.00 bits per heavy atom. The number of hydrogen-bond acceptors (Lipinski definition) is 12. The molecular formula is C45H51ClN10O7. The van der Waals surface area contributed by atoms with E-state index in [1.54, 1.807) is 21.7 Å². The number of nitrogens with zero attached hydrogens (tertiary/aromatic N) is 7. The number of anilines is 4. The molecule has 2 aromatic heterocycles. The summed E-state index contributed by atoms with van der Waals surface area (Å²) in [5.41, 5.74) is 3.45. The number of pyridine rings is 1. The molecule has 0 radical (unpaired) electrons. The van der Waals surface area contributed by atoms with E-state index in [1.165, 1.54) is 7.05 Å². The number of fused-ring (bicyclic) bond motifs is 2. The van der Waals surface area contributed by atoms with E-state index in [1.807, 2.05) is 50.2 Å². The van der Waals surface area contributed by atoms with Gasteiger partial charge in [0.05, 0.1) is 11.7 Å². The third-order valence-electron chi connectivity index (χ3n) is 13.2.